The van der Waals surface area contributed by atoms with Crippen LogP contribution in [0.1, 0.15) is 11.3 Å². The van der Waals surface area contributed by atoms with Gasteiger partial charge in [-0.3, -0.25) is 0 Å². The first-order chi connectivity index (χ1) is 8.16. The van der Waals surface area contributed by atoms with Crippen molar-refractivity contribution in [1.82, 2.24) is 4.98 Å². The van der Waals surface area contributed by atoms with Gasteiger partial charge in [-0.05, 0) is 24.6 Å². The van der Waals surface area contributed by atoms with Crippen molar-refractivity contribution in [2.24, 2.45) is 0 Å². The van der Waals surface area contributed by atoms with Crippen molar-refractivity contribution in [1.29, 1.82) is 0 Å². The third kappa shape index (κ3) is 2.94. The van der Waals surface area contributed by atoms with Crippen molar-refractivity contribution in [2.75, 3.05) is 17.6 Å². The minimum Gasteiger partial charge on any atom is -0.397 e. The van der Waals surface area contributed by atoms with Crippen LogP contribution >= 0.6 is 11.3 Å². The number of rotatable bonds is 4. The van der Waals surface area contributed by atoms with Crippen molar-refractivity contribution in [3.05, 3.63) is 40.1 Å². The third-order valence-corrected chi connectivity index (χ3v) is 3.15. The third-order valence-electron chi connectivity index (χ3n) is 2.51. The van der Waals surface area contributed by atoms with E-state index in [1.165, 1.54) is 6.07 Å². The van der Waals surface area contributed by atoms with Gasteiger partial charge >= 0.3 is 0 Å². The van der Waals surface area contributed by atoms with Crippen LogP contribution in [0.4, 0.5) is 15.8 Å². The molecule has 0 unspecified atom stereocenters. The summed E-state index contributed by atoms with van der Waals surface area (Å²) in [5.41, 5.74) is 10.4. The normalized spacial score (nSPS) is 10.5. The van der Waals surface area contributed by atoms with E-state index < -0.39 is 0 Å². The highest BCUT2D eigenvalue weighted by Crippen LogP contribution is 2.22. The molecule has 0 saturated heterocycles. The number of anilines is 2. The molecule has 17 heavy (non-hydrogen) atoms. The van der Waals surface area contributed by atoms with Gasteiger partial charge in [-0.2, -0.15) is 0 Å². The topological polar surface area (TPSA) is 50.9 Å². The fourth-order valence-electron chi connectivity index (χ4n) is 1.54. The van der Waals surface area contributed by atoms with Gasteiger partial charge in [0.15, 0.2) is 0 Å². The quantitative estimate of drug-likeness (QED) is 0.821. The molecule has 0 aliphatic rings. The Kier molecular flexibility index (Phi) is 3.58. The van der Waals surface area contributed by atoms with E-state index in [1.54, 1.807) is 24.3 Å². The zero-order valence-corrected chi connectivity index (χ0v) is 10.4. The van der Waals surface area contributed by atoms with E-state index in [-0.39, 0.29) is 5.82 Å². The summed E-state index contributed by atoms with van der Waals surface area (Å²) in [6, 6.07) is 3.08. The lowest BCUT2D eigenvalue weighted by Gasteiger charge is -2.10. The second kappa shape index (κ2) is 5.14. The molecule has 0 saturated carbocycles. The summed E-state index contributed by atoms with van der Waals surface area (Å²) in [5, 5.41) is 5.21. The van der Waals surface area contributed by atoms with E-state index in [1.807, 2.05) is 10.9 Å². The number of nitrogens with zero attached hydrogens (tertiary/aromatic N) is 1. The molecule has 0 bridgehead atoms. The highest BCUT2D eigenvalue weighted by molar-refractivity contribution is 7.07. The Morgan fingerprint density at radius 1 is 1.47 bits per heavy atom. The molecule has 0 amide bonds. The molecule has 1 aromatic carbocycles. The number of hydrogen-bond acceptors (Lipinski definition) is 4. The van der Waals surface area contributed by atoms with Gasteiger partial charge < -0.3 is 11.1 Å². The van der Waals surface area contributed by atoms with Crippen molar-refractivity contribution in [2.45, 2.75) is 13.3 Å². The highest BCUT2D eigenvalue weighted by atomic mass is 32.1. The molecule has 0 spiro atoms. The van der Waals surface area contributed by atoms with E-state index >= 15 is 0 Å². The van der Waals surface area contributed by atoms with Gasteiger partial charge in [-0.1, -0.05) is 0 Å². The lowest BCUT2D eigenvalue weighted by atomic mass is 10.1. The lowest BCUT2D eigenvalue weighted by molar-refractivity contribution is 0.619. The first-order valence-electron chi connectivity index (χ1n) is 5.33. The van der Waals surface area contributed by atoms with Gasteiger partial charge in [0.1, 0.15) is 5.82 Å². The summed E-state index contributed by atoms with van der Waals surface area (Å²) in [5.74, 6) is -0.271. The van der Waals surface area contributed by atoms with Crippen LogP contribution in [0.5, 0.6) is 0 Å². The number of halogens is 1. The molecule has 90 valence electrons. The highest BCUT2D eigenvalue weighted by Gasteiger charge is 2.04. The maximum absolute atomic E-state index is 13.2. The Bertz CT molecular complexity index is 497. The van der Waals surface area contributed by atoms with Crippen molar-refractivity contribution in [3.8, 4) is 0 Å². The molecule has 2 rings (SSSR count). The number of nitrogens with one attached hydrogen (secondary N) is 1. The standard InChI is InChI=1S/C12H14FN3S/c1-8-4-12(11(14)5-10(8)13)15-3-2-9-6-17-7-16-9/h4-7,15H,2-3,14H2,1H3. The number of aromatic nitrogens is 1. The number of aryl methyl sites for hydroxylation is 1. The van der Waals surface area contributed by atoms with Crippen LogP contribution in [-0.2, 0) is 6.42 Å². The molecule has 5 heteroatoms. The maximum atomic E-state index is 13.2. The van der Waals surface area contributed by atoms with Crippen LogP contribution in [0, 0.1) is 12.7 Å². The molecular formula is C12H14FN3S. The Morgan fingerprint density at radius 3 is 3.00 bits per heavy atom. The summed E-state index contributed by atoms with van der Waals surface area (Å²) in [6.45, 7) is 2.46. The van der Waals surface area contributed by atoms with E-state index in [9.17, 15) is 4.39 Å². The molecule has 0 atom stereocenters. The number of benzene rings is 1. The molecule has 0 radical (unpaired) electrons. The van der Waals surface area contributed by atoms with E-state index in [2.05, 4.69) is 10.3 Å². The first kappa shape index (κ1) is 11.9. The second-order valence-electron chi connectivity index (χ2n) is 3.85. The zero-order valence-electron chi connectivity index (χ0n) is 9.53. The number of thiazole rings is 1. The van der Waals surface area contributed by atoms with Crippen LogP contribution in [0.15, 0.2) is 23.0 Å². The fraction of sp³-hybridized carbons (Fsp3) is 0.250. The average molecular weight is 251 g/mol. The monoisotopic (exact) mass is 251 g/mol. The predicted octanol–water partition coefficient (Wildman–Crippen LogP) is 2.83. The molecule has 2 aromatic rings. The summed E-state index contributed by atoms with van der Waals surface area (Å²) in [4.78, 5) is 4.19. The smallest absolute Gasteiger partial charge is 0.128 e. The summed E-state index contributed by atoms with van der Waals surface area (Å²) in [7, 11) is 0. The van der Waals surface area contributed by atoms with Gasteiger partial charge in [-0.25, -0.2) is 9.37 Å². The van der Waals surface area contributed by atoms with Crippen LogP contribution in [0.2, 0.25) is 0 Å². The SMILES string of the molecule is Cc1cc(NCCc2cscn2)c(N)cc1F. The van der Waals surface area contributed by atoms with Crippen molar-refractivity contribution >= 4 is 22.7 Å². The lowest BCUT2D eigenvalue weighted by Crippen LogP contribution is -2.07. The maximum Gasteiger partial charge on any atom is 0.128 e. The summed E-state index contributed by atoms with van der Waals surface area (Å²) >= 11 is 1.58. The fourth-order valence-corrected chi connectivity index (χ4v) is 2.13. The molecule has 0 fully saturated rings. The molecular weight excluding hydrogens is 237 g/mol. The molecule has 0 aliphatic heterocycles. The van der Waals surface area contributed by atoms with Gasteiger partial charge in [0.2, 0.25) is 0 Å². The minimum absolute atomic E-state index is 0.271. The van der Waals surface area contributed by atoms with Crippen molar-refractivity contribution < 1.29 is 4.39 Å². The van der Waals surface area contributed by atoms with Gasteiger partial charge in [0.05, 0.1) is 22.6 Å². The second-order valence-corrected chi connectivity index (χ2v) is 4.56. The zero-order chi connectivity index (χ0) is 12.3. The average Bonchev–Trinajstić information content (AvgIpc) is 2.78. The number of nitrogen functional groups attached to an aromatic ring is 1. The Labute approximate surface area is 103 Å². The van der Waals surface area contributed by atoms with Crippen molar-refractivity contribution in [3.63, 3.8) is 0 Å². The first-order valence-corrected chi connectivity index (χ1v) is 6.27. The summed E-state index contributed by atoms with van der Waals surface area (Å²) in [6.07, 6.45) is 0.833. The number of nitrogens with two attached hydrogens (primary N) is 1. The Morgan fingerprint density at radius 2 is 2.29 bits per heavy atom. The van der Waals surface area contributed by atoms with E-state index in [0.29, 0.717) is 11.3 Å². The van der Waals surface area contributed by atoms with Crippen LogP contribution < -0.4 is 11.1 Å². The Hall–Kier alpha value is -1.62. The largest absolute Gasteiger partial charge is 0.397 e. The van der Waals surface area contributed by atoms with Gasteiger partial charge in [0, 0.05) is 18.3 Å². The molecule has 0 aliphatic carbocycles. The predicted molar refractivity (Wildman–Crippen MR) is 69.9 cm³/mol. The molecule has 3 N–H and O–H groups in total. The molecule has 3 nitrogen and oxygen atoms in total. The van der Waals surface area contributed by atoms with E-state index in [0.717, 1.165) is 24.3 Å². The molecule has 1 aromatic heterocycles. The van der Waals surface area contributed by atoms with Crippen LogP contribution in [-0.4, -0.2) is 11.5 Å². The van der Waals surface area contributed by atoms with Crippen LogP contribution in [0.25, 0.3) is 0 Å². The molecule has 1 heterocycles. The van der Waals surface area contributed by atoms with Gasteiger partial charge in [-0.15, -0.1) is 11.3 Å². The van der Waals surface area contributed by atoms with Crippen LogP contribution in [0.3, 0.4) is 0 Å². The van der Waals surface area contributed by atoms with E-state index in [4.69, 9.17) is 5.73 Å². The van der Waals surface area contributed by atoms with Gasteiger partial charge in [0.25, 0.3) is 0 Å². The Balaban J connectivity index is 1.97. The number of hydrogen-bond donors (Lipinski definition) is 2. The minimum atomic E-state index is -0.271. The summed E-state index contributed by atoms with van der Waals surface area (Å²) < 4.78 is 13.2.